The predicted octanol–water partition coefficient (Wildman–Crippen LogP) is 3.85. The van der Waals surface area contributed by atoms with Crippen molar-refractivity contribution in [1.82, 2.24) is 4.57 Å². The standard InChI is InChI=1S/C30H26N2O7S/c1-5-38-29(35)25-17(2)31-30-32(26(25)18-9-11-21(36-3)12-10-18)27(33)24(40-30)16-22-13-14-23(39-22)19-7-6-8-20(15-19)28(34)37-4/h6-16,26H,5H2,1-4H3. The van der Waals surface area contributed by atoms with Crippen LogP contribution < -0.4 is 19.6 Å². The van der Waals surface area contributed by atoms with Gasteiger partial charge in [0, 0.05) is 11.6 Å². The quantitative estimate of drug-likeness (QED) is 0.317. The van der Waals surface area contributed by atoms with E-state index >= 15 is 0 Å². The number of fused-ring (bicyclic) bond motifs is 1. The molecular weight excluding hydrogens is 532 g/mol. The van der Waals surface area contributed by atoms with E-state index < -0.39 is 18.0 Å². The number of aromatic nitrogens is 1. The highest BCUT2D eigenvalue weighted by Crippen LogP contribution is 2.31. The minimum atomic E-state index is -0.725. The summed E-state index contributed by atoms with van der Waals surface area (Å²) in [4.78, 5) is 43.8. The molecule has 0 radical (unpaired) electrons. The Labute approximate surface area is 233 Å². The van der Waals surface area contributed by atoms with Crippen LogP contribution in [-0.2, 0) is 14.3 Å². The van der Waals surface area contributed by atoms with Gasteiger partial charge in [-0.3, -0.25) is 9.36 Å². The van der Waals surface area contributed by atoms with Crippen LogP contribution in [0.4, 0.5) is 0 Å². The second kappa shape index (κ2) is 11.2. The molecule has 4 aromatic rings. The summed E-state index contributed by atoms with van der Waals surface area (Å²) >= 11 is 1.20. The number of ether oxygens (including phenoxy) is 3. The smallest absolute Gasteiger partial charge is 0.338 e. The van der Waals surface area contributed by atoms with Gasteiger partial charge in [-0.2, -0.15) is 0 Å². The van der Waals surface area contributed by atoms with Gasteiger partial charge in [-0.05, 0) is 55.8 Å². The number of nitrogens with zero attached hydrogens (tertiary/aromatic N) is 2. The second-order valence-electron chi connectivity index (χ2n) is 8.85. The first kappa shape index (κ1) is 26.9. The lowest BCUT2D eigenvalue weighted by atomic mass is 9.96. The van der Waals surface area contributed by atoms with Crippen molar-refractivity contribution in [3.8, 4) is 17.1 Å². The molecule has 0 fully saturated rings. The van der Waals surface area contributed by atoms with Gasteiger partial charge in [0.2, 0.25) is 0 Å². The first-order valence-corrected chi connectivity index (χ1v) is 13.3. The minimum Gasteiger partial charge on any atom is -0.497 e. The highest BCUT2D eigenvalue weighted by Gasteiger charge is 2.33. The zero-order valence-electron chi connectivity index (χ0n) is 22.3. The van der Waals surface area contributed by atoms with Gasteiger partial charge in [-0.25, -0.2) is 14.6 Å². The zero-order valence-corrected chi connectivity index (χ0v) is 23.1. The molecule has 0 amide bonds. The second-order valence-corrected chi connectivity index (χ2v) is 9.86. The third kappa shape index (κ3) is 5.01. The van der Waals surface area contributed by atoms with Crippen molar-refractivity contribution < 1.29 is 28.2 Å². The number of carbonyl (C=O) groups excluding carboxylic acids is 2. The minimum absolute atomic E-state index is 0.193. The topological polar surface area (TPSA) is 109 Å². The largest absolute Gasteiger partial charge is 0.497 e. The molecule has 1 atom stereocenters. The molecule has 0 N–H and O–H groups in total. The molecule has 5 rings (SSSR count). The van der Waals surface area contributed by atoms with Crippen molar-refractivity contribution in [3.05, 3.63) is 109 Å². The summed E-state index contributed by atoms with van der Waals surface area (Å²) in [6, 6.07) is 16.9. The Morgan fingerprint density at radius 1 is 1.07 bits per heavy atom. The van der Waals surface area contributed by atoms with Gasteiger partial charge in [-0.1, -0.05) is 35.6 Å². The number of esters is 2. The first-order chi connectivity index (χ1) is 19.3. The highest BCUT2D eigenvalue weighted by atomic mass is 32.1. The fourth-order valence-corrected chi connectivity index (χ4v) is 5.55. The lowest BCUT2D eigenvalue weighted by Crippen LogP contribution is -2.39. The number of carbonyl (C=O) groups is 2. The number of methoxy groups -OCH3 is 2. The number of benzene rings is 2. The highest BCUT2D eigenvalue weighted by molar-refractivity contribution is 7.07. The van der Waals surface area contributed by atoms with Crippen molar-refractivity contribution in [2.45, 2.75) is 19.9 Å². The molecule has 0 aliphatic carbocycles. The van der Waals surface area contributed by atoms with Crippen molar-refractivity contribution in [2.75, 3.05) is 20.8 Å². The van der Waals surface area contributed by atoms with Gasteiger partial charge in [0.05, 0.1) is 48.2 Å². The molecule has 2 aromatic carbocycles. The maximum Gasteiger partial charge on any atom is 0.338 e. The van der Waals surface area contributed by atoms with E-state index in [2.05, 4.69) is 4.99 Å². The molecule has 0 bridgehead atoms. The van der Waals surface area contributed by atoms with Gasteiger partial charge in [0.1, 0.15) is 17.3 Å². The monoisotopic (exact) mass is 558 g/mol. The number of furan rings is 1. The van der Waals surface area contributed by atoms with Crippen LogP contribution in [0.2, 0.25) is 0 Å². The van der Waals surface area contributed by atoms with Crippen LogP contribution in [0.1, 0.15) is 41.6 Å². The molecule has 1 aliphatic heterocycles. The van der Waals surface area contributed by atoms with Crippen molar-refractivity contribution >= 4 is 29.4 Å². The summed E-state index contributed by atoms with van der Waals surface area (Å²) in [5.41, 5.74) is 2.28. The summed E-state index contributed by atoms with van der Waals surface area (Å²) in [7, 11) is 2.90. The number of rotatable bonds is 7. The number of hydrogen-bond acceptors (Lipinski definition) is 9. The van der Waals surface area contributed by atoms with Crippen LogP contribution in [0.3, 0.4) is 0 Å². The Hall–Kier alpha value is -4.70. The first-order valence-electron chi connectivity index (χ1n) is 12.5. The van der Waals surface area contributed by atoms with Crippen LogP contribution in [0, 0.1) is 0 Å². The Morgan fingerprint density at radius 3 is 2.55 bits per heavy atom. The van der Waals surface area contributed by atoms with E-state index in [1.807, 2.05) is 18.2 Å². The lowest BCUT2D eigenvalue weighted by molar-refractivity contribution is -0.139. The van der Waals surface area contributed by atoms with E-state index in [9.17, 15) is 14.4 Å². The molecule has 0 saturated heterocycles. The van der Waals surface area contributed by atoms with Gasteiger partial charge in [0.25, 0.3) is 5.56 Å². The van der Waals surface area contributed by atoms with Gasteiger partial charge in [0.15, 0.2) is 4.80 Å². The Morgan fingerprint density at radius 2 is 1.85 bits per heavy atom. The van der Waals surface area contributed by atoms with Gasteiger partial charge < -0.3 is 18.6 Å². The molecule has 40 heavy (non-hydrogen) atoms. The SMILES string of the molecule is CCOC(=O)C1=C(C)N=c2sc(=Cc3ccc(-c4cccc(C(=O)OC)c4)o3)c(=O)n2C1c1ccc(OC)cc1. The molecule has 3 heterocycles. The average molecular weight is 559 g/mol. The molecule has 2 aromatic heterocycles. The molecular formula is C30H26N2O7S. The van der Waals surface area contributed by atoms with E-state index in [1.54, 1.807) is 69.5 Å². The molecule has 204 valence electrons. The van der Waals surface area contributed by atoms with Crippen LogP contribution in [0.25, 0.3) is 17.4 Å². The Balaban J connectivity index is 1.59. The molecule has 1 aliphatic rings. The summed E-state index contributed by atoms with van der Waals surface area (Å²) in [6.45, 7) is 3.66. The fourth-order valence-electron chi connectivity index (χ4n) is 4.53. The summed E-state index contributed by atoms with van der Waals surface area (Å²) in [5.74, 6) is 0.662. The number of thiazole rings is 1. The molecule has 0 saturated carbocycles. The number of hydrogen-bond donors (Lipinski definition) is 0. The van der Waals surface area contributed by atoms with Crippen LogP contribution >= 0.6 is 11.3 Å². The number of allylic oxidation sites excluding steroid dienone is 1. The summed E-state index contributed by atoms with van der Waals surface area (Å²) in [5, 5.41) is 0. The van der Waals surface area contributed by atoms with E-state index in [0.717, 1.165) is 5.56 Å². The zero-order chi connectivity index (χ0) is 28.4. The van der Waals surface area contributed by atoms with Crippen molar-refractivity contribution in [1.29, 1.82) is 0 Å². The maximum absolute atomic E-state index is 13.8. The molecule has 10 heteroatoms. The predicted molar refractivity (Wildman–Crippen MR) is 149 cm³/mol. The third-order valence-corrected chi connectivity index (χ3v) is 7.40. The van der Waals surface area contributed by atoms with Crippen molar-refractivity contribution in [2.24, 2.45) is 4.99 Å². The average Bonchev–Trinajstić information content (AvgIpc) is 3.56. The van der Waals surface area contributed by atoms with E-state index in [-0.39, 0.29) is 12.2 Å². The van der Waals surface area contributed by atoms with E-state index in [4.69, 9.17) is 18.6 Å². The van der Waals surface area contributed by atoms with Crippen LogP contribution in [-0.4, -0.2) is 37.3 Å². The Bertz CT molecular complexity index is 1810. The summed E-state index contributed by atoms with van der Waals surface area (Å²) < 4.78 is 23.3. The van der Waals surface area contributed by atoms with E-state index in [1.165, 1.54) is 23.0 Å². The molecule has 1 unspecified atom stereocenters. The third-order valence-electron chi connectivity index (χ3n) is 6.42. The maximum atomic E-state index is 13.8. The molecule has 0 spiro atoms. The van der Waals surface area contributed by atoms with Crippen molar-refractivity contribution in [3.63, 3.8) is 0 Å². The van der Waals surface area contributed by atoms with Gasteiger partial charge >= 0.3 is 11.9 Å². The fraction of sp³-hybridized carbons (Fsp3) is 0.200. The molecule has 9 nitrogen and oxygen atoms in total. The van der Waals surface area contributed by atoms with E-state index in [0.29, 0.717) is 49.0 Å². The van der Waals surface area contributed by atoms with Gasteiger partial charge in [-0.15, -0.1) is 0 Å². The lowest BCUT2D eigenvalue weighted by Gasteiger charge is -2.24. The Kier molecular flexibility index (Phi) is 7.52. The normalized spacial score (nSPS) is 14.9. The van der Waals surface area contributed by atoms with Crippen LogP contribution in [0.15, 0.2) is 86.1 Å². The van der Waals surface area contributed by atoms with Crippen LogP contribution in [0.5, 0.6) is 5.75 Å². The summed E-state index contributed by atoms with van der Waals surface area (Å²) in [6.07, 6.45) is 1.64.